The molecule has 0 fully saturated rings. The molecule has 0 aromatic heterocycles. The molecule has 0 bridgehead atoms. The largest absolute Gasteiger partial charge is 1.00 e. The topological polar surface area (TPSA) is 40.4 Å². The molecule has 0 aromatic rings. The molecule has 1 radical (unpaired) electrons. The van der Waals surface area contributed by atoms with Gasteiger partial charge < -0.3 is 10.1 Å². The summed E-state index contributed by atoms with van der Waals surface area (Å²) in [6.07, 6.45) is 2.94. The fourth-order valence-corrected chi connectivity index (χ4v) is 0.964. The van der Waals surface area contributed by atoms with Gasteiger partial charge in [0.05, 0.1) is 0 Å². The van der Waals surface area contributed by atoms with Crippen LogP contribution in [0.4, 0.5) is 4.79 Å². The molecule has 0 aromatic carbocycles. The van der Waals surface area contributed by atoms with Gasteiger partial charge in [-0.2, -0.15) is 0 Å². The van der Waals surface area contributed by atoms with Crippen molar-refractivity contribution in [1.29, 1.82) is 0 Å². The number of hydrogen-bond donors (Lipinski definition) is 0. The van der Waals surface area contributed by atoms with E-state index in [1.807, 2.05) is 34.6 Å². The molecule has 87 valence electrons. The Morgan fingerprint density at radius 2 is 1.76 bits per heavy atom. The molecule has 0 saturated carbocycles. The standard InChI is InChI=1S/C12H22NO2.2K/c1-7-8-10(9(2)3)13-11(14)15-12(4,5)6;;/h7-10H,1H2,2-6H3,(H,13,14);;/q;2*+1/p-1. The molecular formula is C12H21K2NO2+. The first-order valence-electron chi connectivity index (χ1n) is 5.16. The summed E-state index contributed by atoms with van der Waals surface area (Å²) in [5, 5.41) is 3.96. The van der Waals surface area contributed by atoms with Crippen molar-refractivity contribution in [3.05, 3.63) is 24.4 Å². The SMILES string of the molecule is C=C[CH]C([N-]C(=O)OC(C)(C)C)C(C)C.[K+].[K+]. The van der Waals surface area contributed by atoms with Gasteiger partial charge in [0.1, 0.15) is 5.60 Å². The van der Waals surface area contributed by atoms with Crippen molar-refractivity contribution < 1.29 is 112 Å². The maximum absolute atomic E-state index is 11.4. The summed E-state index contributed by atoms with van der Waals surface area (Å²) < 4.78 is 5.10. The van der Waals surface area contributed by atoms with E-state index in [1.165, 1.54) is 0 Å². The van der Waals surface area contributed by atoms with Crippen LogP contribution in [0.3, 0.4) is 0 Å². The molecule has 1 atom stereocenters. The minimum atomic E-state index is -0.515. The van der Waals surface area contributed by atoms with Gasteiger partial charge in [0.15, 0.2) is 0 Å². The normalized spacial score (nSPS) is 11.9. The maximum atomic E-state index is 11.4. The zero-order valence-corrected chi connectivity index (χ0v) is 18.5. The van der Waals surface area contributed by atoms with Gasteiger partial charge in [-0.15, -0.1) is 12.6 Å². The van der Waals surface area contributed by atoms with E-state index < -0.39 is 11.7 Å². The number of amides is 1. The minimum Gasteiger partial charge on any atom is -0.614 e. The van der Waals surface area contributed by atoms with Gasteiger partial charge in [-0.25, -0.2) is 0 Å². The third kappa shape index (κ3) is 14.5. The van der Waals surface area contributed by atoms with E-state index in [4.69, 9.17) is 4.74 Å². The van der Waals surface area contributed by atoms with Crippen molar-refractivity contribution in [2.45, 2.75) is 46.3 Å². The number of rotatable bonds is 4. The van der Waals surface area contributed by atoms with Gasteiger partial charge in [0, 0.05) is 0 Å². The average Bonchev–Trinajstić information content (AvgIpc) is 1.99. The molecule has 17 heavy (non-hydrogen) atoms. The van der Waals surface area contributed by atoms with E-state index in [0.29, 0.717) is 0 Å². The maximum Gasteiger partial charge on any atom is 1.00 e. The Morgan fingerprint density at radius 3 is 2.06 bits per heavy atom. The van der Waals surface area contributed by atoms with Gasteiger partial charge in [0.25, 0.3) is 0 Å². The van der Waals surface area contributed by atoms with Gasteiger partial charge >= 0.3 is 103 Å². The monoisotopic (exact) mass is 289 g/mol. The van der Waals surface area contributed by atoms with E-state index in [-0.39, 0.29) is 115 Å². The van der Waals surface area contributed by atoms with Crippen molar-refractivity contribution >= 4 is 6.09 Å². The zero-order valence-electron chi connectivity index (χ0n) is 12.3. The Hall–Kier alpha value is 2.28. The third-order valence-corrected chi connectivity index (χ3v) is 1.66. The number of carbonyl (C=O) groups is 1. The quantitative estimate of drug-likeness (QED) is 0.547. The van der Waals surface area contributed by atoms with Crippen LogP contribution in [-0.2, 0) is 4.74 Å². The van der Waals surface area contributed by atoms with Gasteiger partial charge in [-0.1, -0.05) is 25.8 Å². The summed E-state index contributed by atoms with van der Waals surface area (Å²) in [6.45, 7) is 13.1. The van der Waals surface area contributed by atoms with Crippen LogP contribution in [0.1, 0.15) is 34.6 Å². The molecule has 0 aliphatic heterocycles. The van der Waals surface area contributed by atoms with E-state index >= 15 is 0 Å². The Kier molecular flexibility index (Phi) is 17.2. The molecular weight excluding hydrogens is 268 g/mol. The van der Waals surface area contributed by atoms with Crippen molar-refractivity contribution in [3.63, 3.8) is 0 Å². The van der Waals surface area contributed by atoms with Gasteiger partial charge in [-0.3, -0.25) is 4.79 Å². The Morgan fingerprint density at radius 1 is 1.29 bits per heavy atom. The van der Waals surface area contributed by atoms with Crippen molar-refractivity contribution in [2.75, 3.05) is 0 Å². The van der Waals surface area contributed by atoms with Gasteiger partial charge in [0.2, 0.25) is 6.09 Å². The van der Waals surface area contributed by atoms with Crippen LogP contribution < -0.4 is 103 Å². The molecule has 0 spiro atoms. The molecule has 1 amide bonds. The molecule has 5 heteroatoms. The van der Waals surface area contributed by atoms with Crippen molar-refractivity contribution in [2.24, 2.45) is 5.92 Å². The van der Waals surface area contributed by atoms with Crippen LogP contribution in [0.25, 0.3) is 5.32 Å². The molecule has 0 aliphatic rings. The third-order valence-electron chi connectivity index (χ3n) is 1.66. The first-order chi connectivity index (χ1) is 6.76. The predicted octanol–water partition coefficient (Wildman–Crippen LogP) is -2.28. The first-order valence-corrected chi connectivity index (χ1v) is 5.16. The number of ether oxygens (including phenoxy) is 1. The van der Waals surface area contributed by atoms with Crippen molar-refractivity contribution in [1.82, 2.24) is 0 Å². The molecule has 0 N–H and O–H groups in total. The minimum absolute atomic E-state index is 0. The number of nitrogens with zero attached hydrogens (tertiary/aromatic N) is 1. The molecule has 0 saturated heterocycles. The van der Waals surface area contributed by atoms with Crippen LogP contribution in [0, 0.1) is 12.3 Å². The smallest absolute Gasteiger partial charge is 0.614 e. The Labute approximate surface area is 191 Å². The van der Waals surface area contributed by atoms with E-state index in [0.717, 1.165) is 0 Å². The van der Waals surface area contributed by atoms with E-state index in [9.17, 15) is 4.79 Å². The summed E-state index contributed by atoms with van der Waals surface area (Å²) in [4.78, 5) is 11.4. The van der Waals surface area contributed by atoms with Crippen LogP contribution >= 0.6 is 0 Å². The molecule has 3 nitrogen and oxygen atoms in total. The number of hydrogen-bond acceptors (Lipinski definition) is 2. The first kappa shape index (κ1) is 24.3. The fourth-order valence-electron chi connectivity index (χ4n) is 0.964. The second-order valence-corrected chi connectivity index (χ2v) is 4.77. The summed E-state index contributed by atoms with van der Waals surface area (Å²) in [7, 11) is 0. The predicted molar refractivity (Wildman–Crippen MR) is 62.7 cm³/mol. The molecule has 0 heterocycles. The van der Waals surface area contributed by atoms with E-state index in [1.54, 1.807) is 12.5 Å². The van der Waals surface area contributed by atoms with Gasteiger partial charge in [-0.05, 0) is 27.2 Å². The molecule has 1 unspecified atom stereocenters. The Balaban J connectivity index is -0.000000980. The van der Waals surface area contributed by atoms with Crippen LogP contribution in [-0.4, -0.2) is 17.7 Å². The van der Waals surface area contributed by atoms with Crippen LogP contribution in [0.5, 0.6) is 0 Å². The second-order valence-electron chi connectivity index (χ2n) is 4.77. The van der Waals surface area contributed by atoms with Crippen molar-refractivity contribution in [3.8, 4) is 0 Å². The molecule has 0 rings (SSSR count). The van der Waals surface area contributed by atoms with E-state index in [2.05, 4.69) is 11.9 Å². The summed E-state index contributed by atoms with van der Waals surface area (Å²) in [5.41, 5.74) is -0.490. The summed E-state index contributed by atoms with van der Waals surface area (Å²) in [6, 6.07) is -0.155. The Bertz CT molecular complexity index is 225. The zero-order chi connectivity index (χ0) is 12.1. The van der Waals surface area contributed by atoms with Crippen LogP contribution in [0.2, 0.25) is 0 Å². The summed E-state index contributed by atoms with van der Waals surface area (Å²) in [5.74, 6) is 0.260. The average molecular weight is 290 g/mol. The second kappa shape index (κ2) is 12.1. The molecule has 0 aliphatic carbocycles. The van der Waals surface area contributed by atoms with Crippen LogP contribution in [0.15, 0.2) is 12.7 Å². The fraction of sp³-hybridized carbons (Fsp3) is 0.667. The number of carbonyl (C=O) groups excluding carboxylic acids is 1. The summed E-state index contributed by atoms with van der Waals surface area (Å²) >= 11 is 0.